The Kier molecular flexibility index (Phi) is 13.9. The van der Waals surface area contributed by atoms with Gasteiger partial charge in [0.15, 0.2) is 0 Å². The molecule has 5 N–H and O–H groups in total. The molecule has 0 bridgehead atoms. The normalized spacial score (nSPS) is 14.8. The fraction of sp³-hybridized carbons (Fsp3) is 1.00. The summed E-state index contributed by atoms with van der Waals surface area (Å²) in [5.41, 5.74) is 4.78. The lowest BCUT2D eigenvalue weighted by molar-refractivity contribution is 0.0962. The van der Waals surface area contributed by atoms with Crippen molar-refractivity contribution in [1.82, 2.24) is 0 Å². The molecule has 0 fully saturated rings. The van der Waals surface area contributed by atoms with E-state index >= 15 is 0 Å². The number of aliphatic hydroxyl groups is 1. The van der Waals surface area contributed by atoms with Crippen molar-refractivity contribution < 1.29 is 24.0 Å². The third-order valence-corrected chi connectivity index (χ3v) is 3.26. The molecule has 21 heavy (non-hydrogen) atoms. The fourth-order valence-electron chi connectivity index (χ4n) is 2.25. The van der Waals surface area contributed by atoms with Crippen LogP contribution in [-0.2, 0) is 9.09 Å². The summed E-state index contributed by atoms with van der Waals surface area (Å²) in [6.07, 6.45) is 2.11. The van der Waals surface area contributed by atoms with E-state index in [1.54, 1.807) is 0 Å². The van der Waals surface area contributed by atoms with Crippen LogP contribution in [-0.4, -0.2) is 34.1 Å². The van der Waals surface area contributed by atoms with Crippen molar-refractivity contribution in [2.24, 2.45) is 23.5 Å². The van der Waals surface area contributed by atoms with Crippen molar-refractivity contribution in [3.05, 3.63) is 0 Å². The van der Waals surface area contributed by atoms with E-state index in [2.05, 4.69) is 20.8 Å². The molecule has 2 atom stereocenters. The Morgan fingerprint density at radius 2 is 1.43 bits per heavy atom. The summed E-state index contributed by atoms with van der Waals surface area (Å²) in [5.74, 6) is 1.39. The van der Waals surface area contributed by atoms with Crippen molar-refractivity contribution in [3.8, 4) is 0 Å². The molecule has 130 valence electrons. The predicted molar refractivity (Wildman–Crippen MR) is 85.7 cm³/mol. The summed E-state index contributed by atoms with van der Waals surface area (Å²) in [5, 5.41) is 7.75. The van der Waals surface area contributed by atoms with Gasteiger partial charge in [0.2, 0.25) is 0 Å². The van der Waals surface area contributed by atoms with Crippen molar-refractivity contribution >= 4 is 7.82 Å². The number of phosphoric acid groups is 1. The van der Waals surface area contributed by atoms with Crippen LogP contribution in [0, 0.1) is 17.8 Å². The van der Waals surface area contributed by atoms with Crippen LogP contribution in [0.2, 0.25) is 0 Å². The SMILES string of the molecule is CC(C)CC(C)CC(CC(C)C)OP(=O)(O)O.NCCO. The minimum absolute atomic E-state index is 0.0972. The molecule has 0 amide bonds. The molecule has 0 rings (SSSR count). The number of rotatable bonds is 9. The lowest BCUT2D eigenvalue weighted by atomic mass is 9.91. The highest BCUT2D eigenvalue weighted by Gasteiger charge is 2.24. The van der Waals surface area contributed by atoms with Crippen LogP contribution in [0.3, 0.4) is 0 Å². The molecular formula is C14H34NO5P. The molecule has 0 aliphatic rings. The summed E-state index contributed by atoms with van der Waals surface area (Å²) in [6, 6.07) is 0. The second-order valence-corrected chi connectivity index (χ2v) is 7.52. The standard InChI is InChI=1S/C12H27O4P.C2H7NO/c1-9(2)6-11(5)8-12(7-10(3)4)16-17(13,14)15;3-1-2-4/h9-12H,6-8H2,1-5H3,(H2,13,14,15);4H,1-3H2. The first-order chi connectivity index (χ1) is 9.51. The van der Waals surface area contributed by atoms with Crippen LogP contribution in [0.4, 0.5) is 0 Å². The Bertz CT molecular complexity index is 279. The molecule has 0 spiro atoms. The maximum Gasteiger partial charge on any atom is 0.469 e. The van der Waals surface area contributed by atoms with Gasteiger partial charge in [-0.1, -0.05) is 34.6 Å². The number of aliphatic hydroxyl groups excluding tert-OH is 1. The topological polar surface area (TPSA) is 113 Å². The van der Waals surface area contributed by atoms with Gasteiger partial charge in [0.1, 0.15) is 0 Å². The first-order valence-corrected chi connectivity index (χ1v) is 9.09. The molecule has 0 saturated heterocycles. The Balaban J connectivity index is 0. The molecule has 6 nitrogen and oxygen atoms in total. The summed E-state index contributed by atoms with van der Waals surface area (Å²) in [7, 11) is -4.37. The van der Waals surface area contributed by atoms with Crippen LogP contribution in [0.5, 0.6) is 0 Å². The van der Waals surface area contributed by atoms with E-state index in [0.29, 0.717) is 37.1 Å². The van der Waals surface area contributed by atoms with E-state index in [0.717, 1.165) is 6.42 Å². The number of nitrogens with two attached hydrogens (primary N) is 1. The Hall–Kier alpha value is 0.0300. The summed E-state index contributed by atoms with van der Waals surface area (Å²) < 4.78 is 15.8. The van der Waals surface area contributed by atoms with Gasteiger partial charge in [0, 0.05) is 6.54 Å². The molecular weight excluding hydrogens is 293 g/mol. The van der Waals surface area contributed by atoms with Crippen molar-refractivity contribution in [1.29, 1.82) is 0 Å². The molecule has 0 aliphatic heterocycles. The van der Waals surface area contributed by atoms with Gasteiger partial charge in [-0.05, 0) is 37.0 Å². The van der Waals surface area contributed by atoms with Gasteiger partial charge >= 0.3 is 7.82 Å². The first-order valence-electron chi connectivity index (χ1n) is 7.56. The van der Waals surface area contributed by atoms with Gasteiger partial charge < -0.3 is 20.6 Å². The molecule has 0 heterocycles. The number of hydrogen-bond donors (Lipinski definition) is 4. The van der Waals surface area contributed by atoms with E-state index < -0.39 is 7.82 Å². The molecule has 0 aromatic carbocycles. The maximum atomic E-state index is 10.9. The summed E-state index contributed by atoms with van der Waals surface area (Å²) in [6.45, 7) is 10.9. The van der Waals surface area contributed by atoms with Gasteiger partial charge in [-0.3, -0.25) is 4.52 Å². The molecule has 0 saturated carbocycles. The maximum absolute atomic E-state index is 10.9. The number of phosphoric ester groups is 1. The van der Waals surface area contributed by atoms with Gasteiger partial charge in [0.25, 0.3) is 0 Å². The average molecular weight is 327 g/mol. The van der Waals surface area contributed by atoms with E-state index in [9.17, 15) is 4.57 Å². The van der Waals surface area contributed by atoms with Crippen LogP contribution >= 0.6 is 7.82 Å². The molecule has 7 heteroatoms. The third-order valence-electron chi connectivity index (χ3n) is 2.69. The third kappa shape index (κ3) is 20.0. The first kappa shape index (κ1) is 23.3. The van der Waals surface area contributed by atoms with E-state index in [-0.39, 0.29) is 12.7 Å². The number of hydrogen-bond acceptors (Lipinski definition) is 4. The van der Waals surface area contributed by atoms with Gasteiger partial charge in [-0.25, -0.2) is 4.57 Å². The van der Waals surface area contributed by atoms with Gasteiger partial charge in [0.05, 0.1) is 12.7 Å². The molecule has 2 unspecified atom stereocenters. The smallest absolute Gasteiger partial charge is 0.395 e. The van der Waals surface area contributed by atoms with Gasteiger partial charge in [-0.2, -0.15) is 0 Å². The van der Waals surface area contributed by atoms with Crippen molar-refractivity contribution in [3.63, 3.8) is 0 Å². The zero-order valence-electron chi connectivity index (χ0n) is 14.0. The van der Waals surface area contributed by atoms with E-state index in [1.165, 1.54) is 0 Å². The molecule has 0 radical (unpaired) electrons. The lowest BCUT2D eigenvalue weighted by Crippen LogP contribution is -2.18. The zero-order chi connectivity index (χ0) is 17.1. The lowest BCUT2D eigenvalue weighted by Gasteiger charge is -2.24. The van der Waals surface area contributed by atoms with E-state index in [1.807, 2.05) is 13.8 Å². The second kappa shape index (κ2) is 12.6. The quantitative estimate of drug-likeness (QED) is 0.484. The van der Waals surface area contributed by atoms with Crippen LogP contribution in [0.15, 0.2) is 0 Å². The highest BCUT2D eigenvalue weighted by atomic mass is 31.2. The highest BCUT2D eigenvalue weighted by Crippen LogP contribution is 2.40. The summed E-state index contributed by atoms with van der Waals surface area (Å²) in [4.78, 5) is 17.8. The zero-order valence-corrected chi connectivity index (χ0v) is 14.9. The highest BCUT2D eigenvalue weighted by molar-refractivity contribution is 7.46. The largest absolute Gasteiger partial charge is 0.469 e. The summed E-state index contributed by atoms with van der Waals surface area (Å²) >= 11 is 0. The Morgan fingerprint density at radius 3 is 1.71 bits per heavy atom. The average Bonchev–Trinajstić information content (AvgIpc) is 2.24. The molecule has 0 aromatic rings. The van der Waals surface area contributed by atoms with Gasteiger partial charge in [-0.15, -0.1) is 0 Å². The fourth-order valence-corrected chi connectivity index (χ4v) is 2.81. The van der Waals surface area contributed by atoms with Crippen LogP contribution in [0.1, 0.15) is 53.9 Å². The Labute approximate surface area is 129 Å². The second-order valence-electron chi connectivity index (χ2n) is 6.33. The van der Waals surface area contributed by atoms with Crippen molar-refractivity contribution in [2.75, 3.05) is 13.2 Å². The van der Waals surface area contributed by atoms with Crippen LogP contribution < -0.4 is 5.73 Å². The predicted octanol–water partition coefficient (Wildman–Crippen LogP) is 2.52. The van der Waals surface area contributed by atoms with Crippen LogP contribution in [0.25, 0.3) is 0 Å². The minimum Gasteiger partial charge on any atom is -0.395 e. The van der Waals surface area contributed by atoms with E-state index in [4.69, 9.17) is 25.2 Å². The molecule has 0 aliphatic carbocycles. The minimum atomic E-state index is -4.37. The van der Waals surface area contributed by atoms with Crippen molar-refractivity contribution in [2.45, 2.75) is 60.0 Å². The monoisotopic (exact) mass is 327 g/mol. The Morgan fingerprint density at radius 1 is 1.00 bits per heavy atom. The molecule has 0 aromatic heterocycles.